The van der Waals surface area contributed by atoms with Crippen molar-refractivity contribution in [3.05, 3.63) is 70.2 Å². The lowest BCUT2D eigenvalue weighted by Gasteiger charge is -2.04. The highest BCUT2D eigenvalue weighted by Crippen LogP contribution is 2.19. The largest absolute Gasteiger partial charge is 0.293 e. The molecular weight excluding hydrogens is 294 g/mol. The molecule has 0 bridgehead atoms. The molecule has 0 atom stereocenters. The van der Waals surface area contributed by atoms with E-state index in [0.29, 0.717) is 5.04 Å². The van der Waals surface area contributed by atoms with E-state index in [1.54, 1.807) is 11.8 Å². The first-order chi connectivity index (χ1) is 8.25. The Balaban J connectivity index is 1.96. The molecular formula is C14H12BrNS. The summed E-state index contributed by atoms with van der Waals surface area (Å²) in [5.41, 5.74) is 2.22. The van der Waals surface area contributed by atoms with E-state index in [-0.39, 0.29) is 0 Å². The lowest BCUT2D eigenvalue weighted by Crippen LogP contribution is -1.93. The average Bonchev–Trinajstić information content (AvgIpc) is 2.38. The summed E-state index contributed by atoms with van der Waals surface area (Å²) in [5, 5.41) is 8.61. The Morgan fingerprint density at radius 1 is 1.00 bits per heavy atom. The van der Waals surface area contributed by atoms with Gasteiger partial charge in [0.05, 0.1) is 5.04 Å². The van der Waals surface area contributed by atoms with Crippen LogP contribution in [-0.2, 0) is 5.75 Å². The van der Waals surface area contributed by atoms with Gasteiger partial charge in [-0.05, 0) is 17.7 Å². The van der Waals surface area contributed by atoms with Crippen molar-refractivity contribution in [2.45, 2.75) is 5.75 Å². The van der Waals surface area contributed by atoms with E-state index >= 15 is 0 Å². The van der Waals surface area contributed by atoms with E-state index in [4.69, 9.17) is 5.41 Å². The Bertz CT molecular complexity index is 493. The lowest BCUT2D eigenvalue weighted by molar-refractivity contribution is 1.42. The van der Waals surface area contributed by atoms with Crippen LogP contribution in [-0.4, -0.2) is 5.04 Å². The molecule has 1 nitrogen and oxygen atoms in total. The second kappa shape index (κ2) is 6.03. The summed E-state index contributed by atoms with van der Waals surface area (Å²) in [6.45, 7) is 0. The number of hydrogen-bond donors (Lipinski definition) is 1. The van der Waals surface area contributed by atoms with Crippen LogP contribution < -0.4 is 0 Å². The fraction of sp³-hybridized carbons (Fsp3) is 0.0714. The van der Waals surface area contributed by atoms with Crippen molar-refractivity contribution < 1.29 is 0 Å². The number of hydrogen-bond acceptors (Lipinski definition) is 2. The maximum absolute atomic E-state index is 8.00. The van der Waals surface area contributed by atoms with Crippen molar-refractivity contribution in [1.82, 2.24) is 0 Å². The van der Waals surface area contributed by atoms with Crippen molar-refractivity contribution in [3.63, 3.8) is 0 Å². The van der Waals surface area contributed by atoms with Gasteiger partial charge in [0.1, 0.15) is 0 Å². The summed E-state index contributed by atoms with van der Waals surface area (Å²) in [4.78, 5) is 0. The number of thioether (sulfide) groups is 1. The first-order valence-electron chi connectivity index (χ1n) is 5.27. The number of rotatable bonds is 3. The zero-order chi connectivity index (χ0) is 12.1. The van der Waals surface area contributed by atoms with Crippen molar-refractivity contribution in [1.29, 1.82) is 5.41 Å². The third kappa shape index (κ3) is 3.72. The Morgan fingerprint density at radius 3 is 2.29 bits per heavy atom. The summed E-state index contributed by atoms with van der Waals surface area (Å²) < 4.78 is 1.04. The fourth-order valence-corrected chi connectivity index (χ4v) is 2.48. The topological polar surface area (TPSA) is 23.9 Å². The van der Waals surface area contributed by atoms with E-state index in [1.165, 1.54) is 5.56 Å². The molecule has 1 N–H and O–H groups in total. The van der Waals surface area contributed by atoms with Gasteiger partial charge in [-0.3, -0.25) is 5.41 Å². The molecule has 0 aromatic heterocycles. The van der Waals surface area contributed by atoms with Gasteiger partial charge >= 0.3 is 0 Å². The highest BCUT2D eigenvalue weighted by Gasteiger charge is 2.02. The summed E-state index contributed by atoms with van der Waals surface area (Å²) >= 11 is 4.95. The zero-order valence-electron chi connectivity index (χ0n) is 9.19. The molecule has 0 spiro atoms. The van der Waals surface area contributed by atoms with Crippen LogP contribution in [0.1, 0.15) is 11.1 Å². The Morgan fingerprint density at radius 2 is 1.65 bits per heavy atom. The molecule has 0 radical (unpaired) electrons. The van der Waals surface area contributed by atoms with E-state index < -0.39 is 0 Å². The van der Waals surface area contributed by atoms with Crippen molar-refractivity contribution in [2.24, 2.45) is 0 Å². The van der Waals surface area contributed by atoms with E-state index in [2.05, 4.69) is 28.1 Å². The number of benzene rings is 2. The minimum atomic E-state index is 0.612. The van der Waals surface area contributed by atoms with Crippen LogP contribution in [0, 0.1) is 5.41 Å². The van der Waals surface area contributed by atoms with Gasteiger partial charge in [-0.15, -0.1) is 11.8 Å². The summed E-state index contributed by atoms with van der Waals surface area (Å²) in [5.74, 6) is 0.843. The standard InChI is InChI=1S/C14H12BrNS/c15-13-8-6-12(7-9-13)14(16)17-10-11-4-2-1-3-5-11/h1-9,16H,10H2. The molecule has 2 rings (SSSR count). The van der Waals surface area contributed by atoms with Gasteiger partial charge in [0, 0.05) is 15.8 Å². The highest BCUT2D eigenvalue weighted by molar-refractivity contribution is 9.10. The molecule has 2 aromatic rings. The highest BCUT2D eigenvalue weighted by atomic mass is 79.9. The van der Waals surface area contributed by atoms with Crippen LogP contribution in [0.3, 0.4) is 0 Å². The van der Waals surface area contributed by atoms with E-state index in [9.17, 15) is 0 Å². The van der Waals surface area contributed by atoms with E-state index in [1.807, 2.05) is 42.5 Å². The fourth-order valence-electron chi connectivity index (χ4n) is 1.41. The minimum absolute atomic E-state index is 0.612. The smallest absolute Gasteiger partial charge is 0.0945 e. The Kier molecular flexibility index (Phi) is 4.40. The molecule has 0 fully saturated rings. The summed E-state index contributed by atoms with van der Waals surface area (Å²) in [6.07, 6.45) is 0. The first-order valence-corrected chi connectivity index (χ1v) is 7.05. The van der Waals surface area contributed by atoms with Crippen LogP contribution in [0.15, 0.2) is 59.1 Å². The Hall–Kier alpha value is -1.06. The van der Waals surface area contributed by atoms with Crippen molar-refractivity contribution >= 4 is 32.7 Å². The zero-order valence-corrected chi connectivity index (χ0v) is 11.6. The van der Waals surface area contributed by atoms with Crippen LogP contribution in [0.4, 0.5) is 0 Å². The maximum atomic E-state index is 8.00. The van der Waals surface area contributed by atoms with Gasteiger partial charge in [-0.2, -0.15) is 0 Å². The van der Waals surface area contributed by atoms with Gasteiger partial charge < -0.3 is 0 Å². The van der Waals surface area contributed by atoms with Gasteiger partial charge in [-0.25, -0.2) is 0 Å². The third-order valence-electron chi connectivity index (χ3n) is 2.33. The van der Waals surface area contributed by atoms with Gasteiger partial charge in [0.25, 0.3) is 0 Å². The molecule has 0 aliphatic rings. The van der Waals surface area contributed by atoms with Gasteiger partial charge in [-0.1, -0.05) is 58.4 Å². The molecule has 2 aromatic carbocycles. The molecule has 0 unspecified atom stereocenters. The molecule has 0 heterocycles. The molecule has 0 aliphatic carbocycles. The molecule has 0 saturated carbocycles. The third-order valence-corrected chi connectivity index (χ3v) is 3.86. The molecule has 86 valence electrons. The lowest BCUT2D eigenvalue weighted by atomic mass is 10.2. The monoisotopic (exact) mass is 305 g/mol. The molecule has 3 heteroatoms. The number of nitrogens with one attached hydrogen (secondary N) is 1. The summed E-state index contributed by atoms with van der Waals surface area (Å²) in [7, 11) is 0. The van der Waals surface area contributed by atoms with Gasteiger partial charge in [0.15, 0.2) is 0 Å². The van der Waals surface area contributed by atoms with E-state index in [0.717, 1.165) is 15.8 Å². The normalized spacial score (nSPS) is 10.2. The van der Waals surface area contributed by atoms with Gasteiger partial charge in [0.2, 0.25) is 0 Å². The van der Waals surface area contributed by atoms with Crippen molar-refractivity contribution in [3.8, 4) is 0 Å². The second-order valence-electron chi connectivity index (χ2n) is 3.61. The second-order valence-corrected chi connectivity index (χ2v) is 5.51. The van der Waals surface area contributed by atoms with Crippen LogP contribution in [0.5, 0.6) is 0 Å². The number of halogens is 1. The van der Waals surface area contributed by atoms with Crippen LogP contribution in [0.2, 0.25) is 0 Å². The molecule has 17 heavy (non-hydrogen) atoms. The SMILES string of the molecule is N=C(SCc1ccccc1)c1ccc(Br)cc1. The molecule has 0 amide bonds. The predicted molar refractivity (Wildman–Crippen MR) is 78.7 cm³/mol. The van der Waals surface area contributed by atoms with Crippen LogP contribution in [0.25, 0.3) is 0 Å². The van der Waals surface area contributed by atoms with Crippen LogP contribution >= 0.6 is 27.7 Å². The maximum Gasteiger partial charge on any atom is 0.0945 e. The average molecular weight is 306 g/mol. The quantitative estimate of drug-likeness (QED) is 0.644. The summed E-state index contributed by atoms with van der Waals surface area (Å²) in [6, 6.07) is 18.1. The Labute approximate surface area is 114 Å². The minimum Gasteiger partial charge on any atom is -0.293 e. The first kappa shape index (κ1) is 12.4. The molecule has 0 aliphatic heterocycles. The predicted octanol–water partition coefficient (Wildman–Crippen LogP) is 4.71. The van der Waals surface area contributed by atoms with Crippen molar-refractivity contribution in [2.75, 3.05) is 0 Å². The molecule has 0 saturated heterocycles.